The predicted octanol–water partition coefficient (Wildman–Crippen LogP) is 2.86. The van der Waals surface area contributed by atoms with Crippen LogP contribution in [-0.4, -0.2) is 32.1 Å². The third-order valence-corrected chi connectivity index (χ3v) is 4.14. The molecule has 2 rings (SSSR count). The molecule has 3 heteroatoms. The van der Waals surface area contributed by atoms with Crippen molar-refractivity contribution in [2.45, 2.75) is 32.7 Å². The molecule has 1 aliphatic rings. The van der Waals surface area contributed by atoms with Crippen molar-refractivity contribution in [1.29, 1.82) is 0 Å². The van der Waals surface area contributed by atoms with E-state index in [0.29, 0.717) is 0 Å². The van der Waals surface area contributed by atoms with Gasteiger partial charge in [-0.05, 0) is 51.9 Å². The Morgan fingerprint density at radius 1 is 1.32 bits per heavy atom. The van der Waals surface area contributed by atoms with E-state index in [1.165, 1.54) is 23.8 Å². The minimum absolute atomic E-state index is 0.0776. The van der Waals surface area contributed by atoms with Crippen LogP contribution in [0, 0.1) is 19.3 Å². The maximum Gasteiger partial charge on any atom is 0.313 e. The summed E-state index contributed by atoms with van der Waals surface area (Å²) in [6.07, 6.45) is 1.83. The Bertz CT molecular complexity index is 490. The van der Waals surface area contributed by atoms with Gasteiger partial charge < -0.3 is 9.64 Å². The van der Waals surface area contributed by atoms with Gasteiger partial charge in [0.1, 0.15) is 0 Å². The minimum Gasteiger partial charge on any atom is -0.469 e. The maximum absolute atomic E-state index is 12.1. The smallest absolute Gasteiger partial charge is 0.313 e. The van der Waals surface area contributed by atoms with Gasteiger partial charge in [0, 0.05) is 0 Å². The topological polar surface area (TPSA) is 29.5 Å². The normalized spacial score (nSPS) is 18.2. The van der Waals surface area contributed by atoms with Crippen molar-refractivity contribution >= 4 is 5.97 Å². The van der Waals surface area contributed by atoms with Crippen molar-refractivity contribution in [1.82, 2.24) is 4.90 Å². The van der Waals surface area contributed by atoms with E-state index in [1.807, 2.05) is 14.1 Å². The molecule has 1 saturated carbocycles. The van der Waals surface area contributed by atoms with Crippen molar-refractivity contribution in [3.8, 4) is 0 Å². The van der Waals surface area contributed by atoms with Gasteiger partial charge in [0.05, 0.1) is 18.6 Å². The number of nitrogens with zero attached hydrogens (tertiary/aromatic N) is 1. The van der Waals surface area contributed by atoms with E-state index in [4.69, 9.17) is 4.74 Å². The molecule has 0 spiro atoms. The number of methoxy groups -OCH3 is 1. The van der Waals surface area contributed by atoms with Gasteiger partial charge in [-0.2, -0.15) is 0 Å². The molecule has 1 aromatic carbocycles. The van der Waals surface area contributed by atoms with Crippen molar-refractivity contribution in [2.24, 2.45) is 5.41 Å². The van der Waals surface area contributed by atoms with Gasteiger partial charge in [-0.1, -0.05) is 23.8 Å². The van der Waals surface area contributed by atoms with E-state index in [2.05, 4.69) is 36.9 Å². The summed E-state index contributed by atoms with van der Waals surface area (Å²) < 4.78 is 5.03. The highest BCUT2D eigenvalue weighted by atomic mass is 16.5. The van der Waals surface area contributed by atoms with Crippen LogP contribution in [0.2, 0.25) is 0 Å². The molecule has 1 fully saturated rings. The first-order valence-electron chi connectivity index (χ1n) is 6.74. The molecule has 3 nitrogen and oxygen atoms in total. The van der Waals surface area contributed by atoms with Gasteiger partial charge in [-0.3, -0.25) is 4.79 Å². The third-order valence-electron chi connectivity index (χ3n) is 4.14. The van der Waals surface area contributed by atoms with Crippen LogP contribution in [0.15, 0.2) is 18.2 Å². The molecule has 1 atom stereocenters. The standard InChI is InChI=1S/C16H23NO2/c1-11-6-7-13(12(2)10-11)14(17(3)4)16(8-9-16)15(18)19-5/h6-7,10,14H,8-9H2,1-5H3. The fourth-order valence-electron chi connectivity index (χ4n) is 3.13. The number of hydrogen-bond donors (Lipinski definition) is 0. The molecule has 0 radical (unpaired) electrons. The zero-order chi connectivity index (χ0) is 14.2. The Labute approximate surface area is 115 Å². The second-order valence-corrected chi connectivity index (χ2v) is 5.87. The highest BCUT2D eigenvalue weighted by Crippen LogP contribution is 2.58. The average Bonchev–Trinajstić information content (AvgIpc) is 3.12. The summed E-state index contributed by atoms with van der Waals surface area (Å²) in [6.45, 7) is 4.21. The van der Waals surface area contributed by atoms with Crippen LogP contribution in [0.5, 0.6) is 0 Å². The first-order valence-corrected chi connectivity index (χ1v) is 6.74. The van der Waals surface area contributed by atoms with E-state index in [9.17, 15) is 4.79 Å². The molecular weight excluding hydrogens is 238 g/mol. The lowest BCUT2D eigenvalue weighted by Crippen LogP contribution is -2.35. The van der Waals surface area contributed by atoms with Gasteiger partial charge in [0.15, 0.2) is 0 Å². The number of carbonyl (C=O) groups excluding carboxylic acids is 1. The fourth-order valence-corrected chi connectivity index (χ4v) is 3.13. The summed E-state index contributed by atoms with van der Waals surface area (Å²) in [5.41, 5.74) is 3.38. The summed E-state index contributed by atoms with van der Waals surface area (Å²) in [6, 6.07) is 6.55. The number of esters is 1. The SMILES string of the molecule is COC(=O)C1(C(c2ccc(C)cc2C)N(C)C)CC1. The second kappa shape index (κ2) is 4.97. The lowest BCUT2D eigenvalue weighted by atomic mass is 9.86. The van der Waals surface area contributed by atoms with E-state index >= 15 is 0 Å². The molecule has 0 aliphatic heterocycles. The van der Waals surface area contributed by atoms with Crippen molar-refractivity contribution in [3.63, 3.8) is 0 Å². The Morgan fingerprint density at radius 3 is 2.37 bits per heavy atom. The lowest BCUT2D eigenvalue weighted by Gasteiger charge is -2.32. The van der Waals surface area contributed by atoms with Crippen LogP contribution in [0.1, 0.15) is 35.6 Å². The van der Waals surface area contributed by atoms with Crippen LogP contribution in [0.25, 0.3) is 0 Å². The van der Waals surface area contributed by atoms with Gasteiger partial charge in [-0.25, -0.2) is 0 Å². The van der Waals surface area contributed by atoms with E-state index in [0.717, 1.165) is 12.8 Å². The first kappa shape index (κ1) is 14.1. The number of ether oxygens (including phenoxy) is 1. The second-order valence-electron chi connectivity index (χ2n) is 5.87. The highest BCUT2D eigenvalue weighted by molar-refractivity contribution is 5.81. The van der Waals surface area contributed by atoms with Crippen LogP contribution < -0.4 is 0 Å². The molecule has 0 amide bonds. The number of benzene rings is 1. The monoisotopic (exact) mass is 261 g/mol. The number of hydrogen-bond acceptors (Lipinski definition) is 3. The quantitative estimate of drug-likeness (QED) is 0.781. The van der Waals surface area contributed by atoms with Gasteiger partial charge in [0.2, 0.25) is 0 Å². The molecule has 104 valence electrons. The van der Waals surface area contributed by atoms with Gasteiger partial charge in [0.25, 0.3) is 0 Å². The van der Waals surface area contributed by atoms with Gasteiger partial charge >= 0.3 is 5.97 Å². The predicted molar refractivity (Wildman–Crippen MR) is 76.0 cm³/mol. The largest absolute Gasteiger partial charge is 0.469 e. The van der Waals surface area contributed by atoms with E-state index < -0.39 is 0 Å². The minimum atomic E-state index is -0.349. The number of rotatable bonds is 4. The summed E-state index contributed by atoms with van der Waals surface area (Å²) in [5, 5.41) is 0. The van der Waals surface area contributed by atoms with E-state index in [-0.39, 0.29) is 17.4 Å². The summed E-state index contributed by atoms with van der Waals surface area (Å²) >= 11 is 0. The zero-order valence-electron chi connectivity index (χ0n) is 12.5. The molecule has 0 heterocycles. The van der Waals surface area contributed by atoms with E-state index in [1.54, 1.807) is 0 Å². The molecule has 1 unspecified atom stereocenters. The molecule has 1 aromatic rings. The third kappa shape index (κ3) is 2.39. The Kier molecular flexibility index (Phi) is 3.68. The average molecular weight is 261 g/mol. The van der Waals surface area contributed by atoms with Crippen molar-refractivity contribution < 1.29 is 9.53 Å². The molecule has 0 aromatic heterocycles. The van der Waals surface area contributed by atoms with Crippen LogP contribution in [-0.2, 0) is 9.53 Å². The summed E-state index contributed by atoms with van der Waals surface area (Å²) in [5.74, 6) is -0.0776. The molecule has 0 bridgehead atoms. The number of aryl methyl sites for hydroxylation is 2. The van der Waals surface area contributed by atoms with Crippen LogP contribution in [0.3, 0.4) is 0 Å². The van der Waals surface area contributed by atoms with Crippen LogP contribution >= 0.6 is 0 Å². The number of carbonyl (C=O) groups is 1. The Morgan fingerprint density at radius 2 is 1.95 bits per heavy atom. The molecule has 0 N–H and O–H groups in total. The molecule has 0 saturated heterocycles. The van der Waals surface area contributed by atoms with Crippen molar-refractivity contribution in [3.05, 3.63) is 34.9 Å². The maximum atomic E-state index is 12.1. The molecule has 19 heavy (non-hydrogen) atoms. The first-order chi connectivity index (χ1) is 8.92. The summed E-state index contributed by atoms with van der Waals surface area (Å²) in [4.78, 5) is 14.3. The van der Waals surface area contributed by atoms with Crippen molar-refractivity contribution in [2.75, 3.05) is 21.2 Å². The zero-order valence-corrected chi connectivity index (χ0v) is 12.5. The highest BCUT2D eigenvalue weighted by Gasteiger charge is 2.58. The lowest BCUT2D eigenvalue weighted by molar-refractivity contribution is -0.150. The molecular formula is C16H23NO2. The summed E-state index contributed by atoms with van der Waals surface area (Å²) in [7, 11) is 5.55. The molecule has 1 aliphatic carbocycles. The van der Waals surface area contributed by atoms with Crippen LogP contribution in [0.4, 0.5) is 0 Å². The Hall–Kier alpha value is -1.35. The van der Waals surface area contributed by atoms with Gasteiger partial charge in [-0.15, -0.1) is 0 Å². The fraction of sp³-hybridized carbons (Fsp3) is 0.562. The Balaban J connectivity index is 2.44.